The van der Waals surface area contributed by atoms with Gasteiger partial charge in [-0.25, -0.2) is 4.79 Å². The second-order valence-electron chi connectivity index (χ2n) is 2.53. The lowest BCUT2D eigenvalue weighted by Crippen LogP contribution is -2.44. The van der Waals surface area contributed by atoms with Gasteiger partial charge < -0.3 is 10.4 Å². The van der Waals surface area contributed by atoms with Gasteiger partial charge in [0.25, 0.3) is 5.91 Å². The molecule has 1 atom stereocenters. The highest BCUT2D eigenvalue weighted by Crippen LogP contribution is 2.14. The molecular weight excluding hydrogens is 204 g/mol. The van der Waals surface area contributed by atoms with Gasteiger partial charge in [-0.3, -0.25) is 10.1 Å². The average molecular weight is 214 g/mol. The van der Waals surface area contributed by atoms with Gasteiger partial charge in [0.05, 0.1) is 5.00 Å². The van der Waals surface area contributed by atoms with Crippen LogP contribution in [-0.4, -0.2) is 30.1 Å². The molecule has 1 rings (SSSR count). The van der Waals surface area contributed by atoms with Gasteiger partial charge in [0.15, 0.2) is 6.04 Å². The molecule has 0 aromatic carbocycles. The molecule has 1 unspecified atom stereocenters. The Morgan fingerprint density at radius 3 is 2.71 bits per heavy atom. The summed E-state index contributed by atoms with van der Waals surface area (Å²) in [7, 11) is 1.42. The molecule has 0 fully saturated rings. The first-order valence-corrected chi connectivity index (χ1v) is 4.77. The van der Waals surface area contributed by atoms with E-state index in [1.54, 1.807) is 17.5 Å². The highest BCUT2D eigenvalue weighted by atomic mass is 32.1. The normalized spacial score (nSPS) is 12.1. The lowest BCUT2D eigenvalue weighted by molar-refractivity contribution is -0.142. The Kier molecular flexibility index (Phi) is 3.61. The molecular formula is C8H10N2O3S. The molecule has 1 heterocycles. The number of aliphatic carboxylic acids is 1. The predicted octanol–water partition coefficient (Wildman–Crippen LogP) is 0.359. The van der Waals surface area contributed by atoms with Crippen molar-refractivity contribution in [2.75, 3.05) is 12.4 Å². The predicted molar refractivity (Wildman–Crippen MR) is 53.4 cm³/mol. The molecule has 14 heavy (non-hydrogen) atoms. The number of thiophene rings is 1. The van der Waals surface area contributed by atoms with Crippen molar-refractivity contribution in [2.45, 2.75) is 6.04 Å². The third-order valence-electron chi connectivity index (χ3n) is 1.57. The first-order chi connectivity index (χ1) is 6.65. The van der Waals surface area contributed by atoms with Gasteiger partial charge in [0.2, 0.25) is 0 Å². The number of rotatable bonds is 4. The summed E-state index contributed by atoms with van der Waals surface area (Å²) in [4.78, 5) is 21.9. The first-order valence-electron chi connectivity index (χ1n) is 3.89. The summed E-state index contributed by atoms with van der Waals surface area (Å²) in [6, 6.07) is 2.27. The van der Waals surface area contributed by atoms with Crippen LogP contribution >= 0.6 is 11.3 Å². The zero-order valence-electron chi connectivity index (χ0n) is 7.48. The molecule has 0 aliphatic rings. The number of hydrogen-bond acceptors (Lipinski definition) is 4. The van der Waals surface area contributed by atoms with E-state index in [2.05, 4.69) is 10.6 Å². The van der Waals surface area contributed by atoms with E-state index in [1.165, 1.54) is 18.4 Å². The molecule has 0 aliphatic heterocycles. The highest BCUT2D eigenvalue weighted by molar-refractivity contribution is 7.14. The second kappa shape index (κ2) is 4.73. The summed E-state index contributed by atoms with van der Waals surface area (Å²) in [5, 5.41) is 16.0. The average Bonchev–Trinajstić information content (AvgIpc) is 2.57. The lowest BCUT2D eigenvalue weighted by Gasteiger charge is -2.09. The summed E-state index contributed by atoms with van der Waals surface area (Å²) in [6.45, 7) is 0. The van der Waals surface area contributed by atoms with Crippen LogP contribution in [0.25, 0.3) is 0 Å². The number of anilines is 1. The van der Waals surface area contributed by atoms with Crippen LogP contribution in [0.4, 0.5) is 5.00 Å². The molecule has 0 saturated heterocycles. The van der Waals surface area contributed by atoms with Crippen LogP contribution in [0.5, 0.6) is 0 Å². The van der Waals surface area contributed by atoms with Gasteiger partial charge in [-0.05, 0) is 24.6 Å². The van der Waals surface area contributed by atoms with Crippen LogP contribution in [0.3, 0.4) is 0 Å². The van der Waals surface area contributed by atoms with Crippen LogP contribution in [-0.2, 0) is 9.59 Å². The number of carbonyl (C=O) groups is 2. The van der Waals surface area contributed by atoms with Gasteiger partial charge in [-0.1, -0.05) is 0 Å². The van der Waals surface area contributed by atoms with Gasteiger partial charge in [-0.2, -0.15) is 0 Å². The zero-order chi connectivity index (χ0) is 10.6. The van der Waals surface area contributed by atoms with Crippen molar-refractivity contribution in [3.63, 3.8) is 0 Å². The van der Waals surface area contributed by atoms with Crippen LogP contribution in [0.1, 0.15) is 0 Å². The third-order valence-corrected chi connectivity index (χ3v) is 2.35. The Morgan fingerprint density at radius 1 is 1.57 bits per heavy atom. The minimum Gasteiger partial charge on any atom is -0.480 e. The number of carbonyl (C=O) groups excluding carboxylic acids is 1. The molecule has 0 spiro atoms. The van der Waals surface area contributed by atoms with E-state index < -0.39 is 17.9 Å². The SMILES string of the molecule is CNC(C(=O)O)C(=O)Nc1cccs1. The molecule has 0 radical (unpaired) electrons. The van der Waals surface area contributed by atoms with Gasteiger partial charge in [0.1, 0.15) is 0 Å². The van der Waals surface area contributed by atoms with Crippen molar-refractivity contribution in [1.82, 2.24) is 5.32 Å². The molecule has 6 heteroatoms. The van der Waals surface area contributed by atoms with Crippen molar-refractivity contribution in [3.05, 3.63) is 17.5 Å². The summed E-state index contributed by atoms with van der Waals surface area (Å²) in [5.41, 5.74) is 0. The van der Waals surface area contributed by atoms with Gasteiger partial charge in [-0.15, -0.1) is 11.3 Å². The van der Waals surface area contributed by atoms with Crippen LogP contribution < -0.4 is 10.6 Å². The summed E-state index contributed by atoms with van der Waals surface area (Å²) in [5.74, 6) is -1.76. The fourth-order valence-electron chi connectivity index (χ4n) is 0.910. The maximum atomic E-state index is 11.3. The van der Waals surface area contributed by atoms with E-state index in [0.29, 0.717) is 5.00 Å². The van der Waals surface area contributed by atoms with E-state index in [1.807, 2.05) is 0 Å². The number of amides is 1. The van der Waals surface area contributed by atoms with Crippen molar-refractivity contribution >= 4 is 28.2 Å². The highest BCUT2D eigenvalue weighted by Gasteiger charge is 2.24. The van der Waals surface area contributed by atoms with Crippen molar-refractivity contribution in [2.24, 2.45) is 0 Å². The minimum atomic E-state index is -1.21. The molecule has 0 bridgehead atoms. The summed E-state index contributed by atoms with van der Waals surface area (Å²) in [6.07, 6.45) is 0. The Morgan fingerprint density at radius 2 is 2.29 bits per heavy atom. The van der Waals surface area contributed by atoms with Gasteiger partial charge in [0, 0.05) is 0 Å². The Balaban J connectivity index is 2.61. The summed E-state index contributed by atoms with van der Waals surface area (Å²) >= 11 is 1.34. The number of carboxylic acids is 1. The van der Waals surface area contributed by atoms with Gasteiger partial charge >= 0.3 is 5.97 Å². The van der Waals surface area contributed by atoms with E-state index in [9.17, 15) is 9.59 Å². The molecule has 3 N–H and O–H groups in total. The maximum Gasteiger partial charge on any atom is 0.330 e. The lowest BCUT2D eigenvalue weighted by atomic mass is 10.3. The quantitative estimate of drug-likeness (QED) is 0.632. The first kappa shape index (κ1) is 10.7. The molecule has 1 amide bonds. The fourth-order valence-corrected chi connectivity index (χ4v) is 1.53. The topological polar surface area (TPSA) is 78.4 Å². The minimum absolute atomic E-state index is 0.567. The monoisotopic (exact) mass is 214 g/mol. The molecule has 0 aliphatic carbocycles. The molecule has 1 aromatic heterocycles. The molecule has 5 nitrogen and oxygen atoms in total. The summed E-state index contributed by atoms with van der Waals surface area (Å²) < 4.78 is 0. The third kappa shape index (κ3) is 2.54. The Hall–Kier alpha value is -1.40. The number of hydrogen-bond donors (Lipinski definition) is 3. The van der Waals surface area contributed by atoms with Crippen molar-refractivity contribution < 1.29 is 14.7 Å². The number of carboxylic acid groups (broad SMARTS) is 1. The van der Waals surface area contributed by atoms with Crippen LogP contribution in [0.15, 0.2) is 17.5 Å². The number of nitrogens with one attached hydrogen (secondary N) is 2. The molecule has 0 saturated carbocycles. The number of likely N-dealkylation sites (N-methyl/N-ethyl adjacent to an activating group) is 1. The van der Waals surface area contributed by atoms with E-state index in [0.717, 1.165) is 0 Å². The maximum absolute atomic E-state index is 11.3. The van der Waals surface area contributed by atoms with Crippen LogP contribution in [0, 0.1) is 0 Å². The second-order valence-corrected chi connectivity index (χ2v) is 3.47. The van der Waals surface area contributed by atoms with Crippen molar-refractivity contribution in [1.29, 1.82) is 0 Å². The van der Waals surface area contributed by atoms with Crippen molar-refractivity contribution in [3.8, 4) is 0 Å². The molecule has 76 valence electrons. The fraction of sp³-hybridized carbons (Fsp3) is 0.250. The molecule has 1 aromatic rings. The van der Waals surface area contributed by atoms with E-state index in [-0.39, 0.29) is 0 Å². The standard InChI is InChI=1S/C8H10N2O3S/c1-9-6(8(12)13)7(11)10-5-3-2-4-14-5/h2-4,6,9H,1H3,(H,10,11)(H,12,13). The Bertz CT molecular complexity index is 323. The Labute approximate surface area is 84.7 Å². The van der Waals surface area contributed by atoms with E-state index in [4.69, 9.17) is 5.11 Å². The zero-order valence-corrected chi connectivity index (χ0v) is 8.30. The van der Waals surface area contributed by atoms with E-state index >= 15 is 0 Å². The smallest absolute Gasteiger partial charge is 0.330 e. The van der Waals surface area contributed by atoms with Crippen LogP contribution in [0.2, 0.25) is 0 Å². The largest absolute Gasteiger partial charge is 0.480 e.